The molecule has 2 N–H and O–H groups in total. The van der Waals surface area contributed by atoms with Crippen molar-refractivity contribution in [3.8, 4) is 11.8 Å². The van der Waals surface area contributed by atoms with E-state index in [0.29, 0.717) is 17.0 Å². The largest absolute Gasteiger partial charge is 0.481 e. The van der Waals surface area contributed by atoms with Gasteiger partial charge in [-0.3, -0.25) is 9.59 Å². The Morgan fingerprint density at radius 1 is 1.23 bits per heavy atom. The predicted octanol–water partition coefficient (Wildman–Crippen LogP) is 3.15. The third-order valence-electron chi connectivity index (χ3n) is 3.55. The summed E-state index contributed by atoms with van der Waals surface area (Å²) in [5.41, 5.74) is 2.11. The topological polar surface area (TPSA) is 91.2 Å². The molecule has 2 aromatic rings. The van der Waals surface area contributed by atoms with Crippen LogP contribution in [0.25, 0.3) is 0 Å². The zero-order valence-electron chi connectivity index (χ0n) is 14.4. The van der Waals surface area contributed by atoms with Crippen LogP contribution in [0.1, 0.15) is 18.1 Å². The molecule has 0 fully saturated rings. The lowest BCUT2D eigenvalue weighted by Gasteiger charge is -2.15. The van der Waals surface area contributed by atoms with Gasteiger partial charge in [0.1, 0.15) is 5.75 Å². The molecule has 0 aliphatic rings. The zero-order chi connectivity index (χ0) is 19.1. The number of carbonyl (C=O) groups excluding carboxylic acids is 2. The van der Waals surface area contributed by atoms with E-state index in [-0.39, 0.29) is 12.5 Å². The summed E-state index contributed by atoms with van der Waals surface area (Å²) in [6.07, 6.45) is -0.773. The first-order chi connectivity index (χ1) is 12.4. The normalized spacial score (nSPS) is 11.2. The molecule has 2 rings (SSSR count). The van der Waals surface area contributed by atoms with Gasteiger partial charge in [0.2, 0.25) is 5.91 Å². The summed E-state index contributed by atoms with van der Waals surface area (Å²) in [6.45, 7) is 3.31. The Bertz CT molecular complexity index is 844. The van der Waals surface area contributed by atoms with Gasteiger partial charge in [-0.2, -0.15) is 5.26 Å². The lowest BCUT2D eigenvalue weighted by molar-refractivity contribution is -0.129. The molecule has 7 heteroatoms. The number of nitriles is 1. The molecule has 0 radical (unpaired) electrons. The van der Waals surface area contributed by atoms with E-state index < -0.39 is 12.0 Å². The van der Waals surface area contributed by atoms with E-state index >= 15 is 0 Å². The monoisotopic (exact) mass is 415 g/mol. The van der Waals surface area contributed by atoms with Crippen LogP contribution in [0.4, 0.5) is 5.69 Å². The lowest BCUT2D eigenvalue weighted by atomic mass is 10.2. The number of anilines is 1. The minimum absolute atomic E-state index is 0.157. The van der Waals surface area contributed by atoms with Gasteiger partial charge in [-0.05, 0) is 61.9 Å². The second-order valence-electron chi connectivity index (χ2n) is 5.62. The molecule has 134 valence electrons. The molecule has 0 unspecified atom stereocenters. The third-order valence-corrected chi connectivity index (χ3v) is 4.04. The highest BCUT2D eigenvalue weighted by atomic mass is 79.9. The Balaban J connectivity index is 1.82. The number of ether oxygens (including phenoxy) is 1. The molecule has 6 nitrogen and oxygen atoms in total. The number of benzene rings is 2. The molecule has 0 aliphatic heterocycles. The van der Waals surface area contributed by atoms with Crippen LogP contribution in [0, 0.1) is 18.3 Å². The fourth-order valence-corrected chi connectivity index (χ4v) is 2.61. The average molecular weight is 416 g/mol. The van der Waals surface area contributed by atoms with Crippen molar-refractivity contribution in [3.63, 3.8) is 0 Å². The molecule has 0 aromatic heterocycles. The second kappa shape index (κ2) is 9.02. The predicted molar refractivity (Wildman–Crippen MR) is 102 cm³/mol. The minimum Gasteiger partial charge on any atom is -0.481 e. The molecule has 0 heterocycles. The van der Waals surface area contributed by atoms with Crippen molar-refractivity contribution < 1.29 is 14.3 Å². The van der Waals surface area contributed by atoms with Gasteiger partial charge < -0.3 is 15.4 Å². The molecule has 0 saturated carbocycles. The van der Waals surface area contributed by atoms with Crippen molar-refractivity contribution in [1.29, 1.82) is 5.26 Å². The number of rotatable bonds is 6. The first-order valence-electron chi connectivity index (χ1n) is 7.89. The number of hydrogen-bond donors (Lipinski definition) is 2. The van der Waals surface area contributed by atoms with Crippen molar-refractivity contribution in [1.82, 2.24) is 5.32 Å². The number of halogens is 1. The van der Waals surface area contributed by atoms with Gasteiger partial charge in [-0.25, -0.2) is 0 Å². The van der Waals surface area contributed by atoms with E-state index in [2.05, 4.69) is 26.6 Å². The molecule has 0 spiro atoms. The molecule has 0 aliphatic carbocycles. The van der Waals surface area contributed by atoms with Crippen molar-refractivity contribution >= 4 is 33.4 Å². The van der Waals surface area contributed by atoms with Crippen LogP contribution in [-0.4, -0.2) is 24.5 Å². The first-order valence-corrected chi connectivity index (χ1v) is 8.69. The molecule has 0 bridgehead atoms. The third kappa shape index (κ3) is 5.60. The molecule has 1 atom stereocenters. The van der Waals surface area contributed by atoms with Gasteiger partial charge in [-0.15, -0.1) is 0 Å². The Morgan fingerprint density at radius 2 is 1.92 bits per heavy atom. The number of nitrogens with zero attached hydrogens (tertiary/aromatic N) is 1. The Kier molecular flexibility index (Phi) is 6.75. The van der Waals surface area contributed by atoms with Gasteiger partial charge >= 0.3 is 0 Å². The van der Waals surface area contributed by atoms with Gasteiger partial charge in [0.25, 0.3) is 5.91 Å². The molecule has 2 amide bonds. The fraction of sp³-hybridized carbons (Fsp3) is 0.211. The summed E-state index contributed by atoms with van der Waals surface area (Å²) >= 11 is 3.36. The summed E-state index contributed by atoms with van der Waals surface area (Å²) in [6, 6.07) is 14.0. The quantitative estimate of drug-likeness (QED) is 0.757. The van der Waals surface area contributed by atoms with Crippen molar-refractivity contribution in [3.05, 3.63) is 58.1 Å². The summed E-state index contributed by atoms with van der Waals surface area (Å²) in [7, 11) is 0. The van der Waals surface area contributed by atoms with E-state index in [4.69, 9.17) is 10.00 Å². The second-order valence-corrected chi connectivity index (χ2v) is 6.54. The highest BCUT2D eigenvalue weighted by Gasteiger charge is 2.16. The van der Waals surface area contributed by atoms with Crippen LogP contribution >= 0.6 is 15.9 Å². The average Bonchev–Trinajstić information content (AvgIpc) is 2.62. The number of carbonyl (C=O) groups is 2. The first kappa shape index (κ1) is 19.5. The summed E-state index contributed by atoms with van der Waals surface area (Å²) in [4.78, 5) is 24.1. The number of nitrogens with one attached hydrogen (secondary N) is 2. The van der Waals surface area contributed by atoms with Crippen LogP contribution in [0.3, 0.4) is 0 Å². The Hall–Kier alpha value is -2.85. The van der Waals surface area contributed by atoms with Crippen molar-refractivity contribution in [2.75, 3.05) is 11.9 Å². The summed E-state index contributed by atoms with van der Waals surface area (Å²) in [5, 5.41) is 14.0. The van der Waals surface area contributed by atoms with E-state index in [1.54, 1.807) is 37.3 Å². The molecule has 0 saturated heterocycles. The Labute approximate surface area is 160 Å². The molecule has 26 heavy (non-hydrogen) atoms. The molecular weight excluding hydrogens is 398 g/mol. The van der Waals surface area contributed by atoms with E-state index in [0.717, 1.165) is 10.0 Å². The Morgan fingerprint density at radius 3 is 2.54 bits per heavy atom. The van der Waals surface area contributed by atoms with E-state index in [1.165, 1.54) is 0 Å². The van der Waals surface area contributed by atoms with Crippen molar-refractivity contribution in [2.24, 2.45) is 0 Å². The summed E-state index contributed by atoms with van der Waals surface area (Å²) in [5.74, 6) is -0.257. The number of hydrogen-bond acceptors (Lipinski definition) is 4. The van der Waals surface area contributed by atoms with Crippen molar-refractivity contribution in [2.45, 2.75) is 20.0 Å². The maximum atomic E-state index is 12.1. The number of aryl methyl sites for hydroxylation is 1. The van der Waals surface area contributed by atoms with E-state index in [1.807, 2.05) is 25.1 Å². The van der Waals surface area contributed by atoms with Gasteiger partial charge in [-0.1, -0.05) is 15.9 Å². The smallest absolute Gasteiger partial charge is 0.261 e. The van der Waals surface area contributed by atoms with Crippen LogP contribution < -0.4 is 15.4 Å². The highest BCUT2D eigenvalue weighted by molar-refractivity contribution is 9.10. The maximum absolute atomic E-state index is 12.1. The fourth-order valence-electron chi connectivity index (χ4n) is 2.14. The minimum atomic E-state index is -0.773. The lowest BCUT2D eigenvalue weighted by Crippen LogP contribution is -2.40. The van der Waals surface area contributed by atoms with Crippen LogP contribution in [0.5, 0.6) is 5.75 Å². The van der Waals surface area contributed by atoms with Crippen LogP contribution in [0.15, 0.2) is 46.9 Å². The summed E-state index contributed by atoms with van der Waals surface area (Å²) < 4.78 is 6.43. The van der Waals surface area contributed by atoms with Gasteiger partial charge in [0, 0.05) is 10.2 Å². The number of amides is 2. The van der Waals surface area contributed by atoms with Gasteiger partial charge in [0.15, 0.2) is 6.10 Å². The molecular formula is C19H18BrN3O3. The highest BCUT2D eigenvalue weighted by Crippen LogP contribution is 2.19. The zero-order valence-corrected chi connectivity index (χ0v) is 16.0. The van der Waals surface area contributed by atoms with E-state index in [9.17, 15) is 9.59 Å². The molecule has 2 aromatic carbocycles. The van der Waals surface area contributed by atoms with Crippen LogP contribution in [0.2, 0.25) is 0 Å². The van der Waals surface area contributed by atoms with Gasteiger partial charge in [0.05, 0.1) is 18.2 Å². The maximum Gasteiger partial charge on any atom is 0.261 e. The standard InChI is InChI=1S/C19H18BrN3O3/c1-12-9-15(20)5-8-17(12)23-18(24)11-22-19(25)13(2)26-16-6-3-14(10-21)4-7-16/h3-9,13H,11H2,1-2H3,(H,22,25)(H,23,24)/t13-/m1/s1. The van der Waals surface area contributed by atoms with Crippen LogP contribution in [-0.2, 0) is 9.59 Å². The SMILES string of the molecule is Cc1cc(Br)ccc1NC(=O)CNC(=O)[C@@H](C)Oc1ccc(C#N)cc1.